The first kappa shape index (κ1) is 25.4. The molecule has 0 aromatic carbocycles. The molecule has 0 aliphatic carbocycles. The molecule has 0 unspecified atom stereocenters. The van der Waals surface area contributed by atoms with Crippen molar-refractivity contribution >= 4 is 5.91 Å². The van der Waals surface area contributed by atoms with Gasteiger partial charge in [-0.3, -0.25) is 4.79 Å². The number of rotatable bonds is 18. The molecule has 3 heteroatoms. The summed E-state index contributed by atoms with van der Waals surface area (Å²) in [5, 5.41) is 0. The van der Waals surface area contributed by atoms with E-state index < -0.39 is 0 Å². The van der Waals surface area contributed by atoms with Crippen LogP contribution in [0, 0.1) is 0 Å². The largest absolute Gasteiger partial charge is 0.340 e. The van der Waals surface area contributed by atoms with Crippen molar-refractivity contribution in [2.24, 2.45) is 0 Å². The molecule has 26 heavy (non-hydrogen) atoms. The Morgan fingerprint density at radius 2 is 1.15 bits per heavy atom. The van der Waals surface area contributed by atoms with Gasteiger partial charge in [0.05, 0.1) is 33.7 Å². The van der Waals surface area contributed by atoms with Crippen LogP contribution in [0.5, 0.6) is 0 Å². The minimum Gasteiger partial charge on any atom is -0.340 e. The molecule has 0 bridgehead atoms. The highest BCUT2D eigenvalue weighted by Crippen LogP contribution is 2.13. The van der Waals surface area contributed by atoms with Crippen LogP contribution >= 0.6 is 0 Å². The van der Waals surface area contributed by atoms with E-state index in [1.54, 1.807) is 0 Å². The summed E-state index contributed by atoms with van der Waals surface area (Å²) < 4.78 is 0.982. The first-order valence-corrected chi connectivity index (χ1v) is 11.5. The van der Waals surface area contributed by atoms with Gasteiger partial charge in [0.25, 0.3) is 0 Å². The molecule has 0 saturated carbocycles. The van der Waals surface area contributed by atoms with Crippen molar-refractivity contribution in [3.8, 4) is 0 Å². The van der Waals surface area contributed by atoms with Crippen LogP contribution in [0.25, 0.3) is 0 Å². The van der Waals surface area contributed by atoms with Crippen LogP contribution in [-0.2, 0) is 4.79 Å². The number of quaternary nitrogens is 1. The Labute approximate surface area is 165 Å². The van der Waals surface area contributed by atoms with Crippen molar-refractivity contribution in [2.45, 2.75) is 104 Å². The molecule has 0 rings (SSSR count). The molecule has 3 nitrogen and oxygen atoms in total. The van der Waals surface area contributed by atoms with Crippen LogP contribution in [-0.4, -0.2) is 56.1 Å². The second-order valence-corrected chi connectivity index (χ2v) is 8.78. The van der Waals surface area contributed by atoms with Crippen LogP contribution in [0.1, 0.15) is 104 Å². The summed E-state index contributed by atoms with van der Waals surface area (Å²) in [7, 11) is 6.41. The van der Waals surface area contributed by atoms with Crippen LogP contribution < -0.4 is 0 Å². The Morgan fingerprint density at radius 1 is 0.731 bits per heavy atom. The second-order valence-electron chi connectivity index (χ2n) is 8.78. The third-order valence-electron chi connectivity index (χ3n) is 5.82. The lowest BCUT2D eigenvalue weighted by Crippen LogP contribution is -2.45. The third-order valence-corrected chi connectivity index (χ3v) is 5.82. The van der Waals surface area contributed by atoms with Crippen molar-refractivity contribution in [3.63, 3.8) is 0 Å². The van der Waals surface area contributed by atoms with E-state index >= 15 is 0 Å². The van der Waals surface area contributed by atoms with Crippen molar-refractivity contribution in [2.75, 3.05) is 40.8 Å². The minimum atomic E-state index is 0.323. The molecule has 0 heterocycles. The van der Waals surface area contributed by atoms with Gasteiger partial charge in [0.1, 0.15) is 0 Å². The number of hydrogen-bond donors (Lipinski definition) is 0. The number of nitrogens with zero attached hydrogens (tertiary/aromatic N) is 2. The van der Waals surface area contributed by atoms with Gasteiger partial charge in [-0.15, -0.1) is 0 Å². The highest BCUT2D eigenvalue weighted by molar-refractivity contribution is 5.75. The zero-order valence-corrected chi connectivity index (χ0v) is 18.8. The van der Waals surface area contributed by atoms with Crippen molar-refractivity contribution in [1.29, 1.82) is 0 Å². The van der Waals surface area contributed by atoms with E-state index in [0.717, 1.165) is 37.0 Å². The summed E-state index contributed by atoms with van der Waals surface area (Å²) in [6, 6.07) is 0. The Hall–Kier alpha value is -0.570. The fourth-order valence-electron chi connectivity index (χ4n) is 3.19. The standard InChI is InChI=1S/C23H49N2O/c1-6-8-9-10-11-12-13-14-15-16-17-18-19-20-23(26)24(3)21-22-25(4,5)7-2/h6-22H2,1-5H3/q+1. The Kier molecular flexibility index (Phi) is 16.2. The molecule has 0 aromatic heterocycles. The van der Waals surface area contributed by atoms with Crippen LogP contribution in [0.4, 0.5) is 0 Å². The Balaban J connectivity index is 3.40. The van der Waals surface area contributed by atoms with Crippen LogP contribution in [0.2, 0.25) is 0 Å². The Morgan fingerprint density at radius 3 is 1.58 bits per heavy atom. The van der Waals surface area contributed by atoms with Gasteiger partial charge in [-0.2, -0.15) is 0 Å². The summed E-state index contributed by atoms with van der Waals surface area (Å²) >= 11 is 0. The van der Waals surface area contributed by atoms with Gasteiger partial charge in [0.15, 0.2) is 0 Å². The van der Waals surface area contributed by atoms with Crippen molar-refractivity contribution < 1.29 is 9.28 Å². The normalized spacial score (nSPS) is 11.7. The molecule has 0 N–H and O–H groups in total. The average molecular weight is 370 g/mol. The lowest BCUT2D eigenvalue weighted by Gasteiger charge is -2.30. The fourth-order valence-corrected chi connectivity index (χ4v) is 3.19. The predicted molar refractivity (Wildman–Crippen MR) is 115 cm³/mol. The maximum atomic E-state index is 12.2. The summed E-state index contributed by atoms with van der Waals surface area (Å²) in [5.74, 6) is 0.323. The smallest absolute Gasteiger partial charge is 0.222 e. The first-order chi connectivity index (χ1) is 12.4. The van der Waals surface area contributed by atoms with E-state index in [1.165, 1.54) is 77.0 Å². The lowest BCUT2D eigenvalue weighted by atomic mass is 10.0. The number of hydrogen-bond acceptors (Lipinski definition) is 1. The quantitative estimate of drug-likeness (QED) is 0.214. The highest BCUT2D eigenvalue weighted by Gasteiger charge is 2.15. The van der Waals surface area contributed by atoms with Crippen molar-refractivity contribution in [3.05, 3.63) is 0 Å². The van der Waals surface area contributed by atoms with Crippen LogP contribution in [0.3, 0.4) is 0 Å². The summed E-state index contributed by atoms with van der Waals surface area (Å²) in [6.07, 6.45) is 18.3. The molecule has 156 valence electrons. The number of unbranched alkanes of at least 4 members (excludes halogenated alkanes) is 12. The monoisotopic (exact) mass is 369 g/mol. The van der Waals surface area contributed by atoms with Gasteiger partial charge in [0, 0.05) is 13.5 Å². The molecule has 0 saturated heterocycles. The maximum Gasteiger partial charge on any atom is 0.222 e. The molecule has 0 aromatic rings. The molecular formula is C23H49N2O+. The third kappa shape index (κ3) is 15.7. The SMILES string of the molecule is CCCCCCCCCCCCCCCC(=O)N(C)CC[N+](C)(C)CC. The number of carbonyl (C=O) groups excluding carboxylic acids is 1. The van der Waals surface area contributed by atoms with E-state index in [1.807, 2.05) is 11.9 Å². The molecule has 0 radical (unpaired) electrons. The van der Waals surface area contributed by atoms with Crippen LogP contribution in [0.15, 0.2) is 0 Å². The molecule has 0 fully saturated rings. The summed E-state index contributed by atoms with van der Waals surface area (Å²) in [5.41, 5.74) is 0. The van der Waals surface area contributed by atoms with E-state index in [2.05, 4.69) is 27.9 Å². The van der Waals surface area contributed by atoms with E-state index in [-0.39, 0.29) is 0 Å². The van der Waals surface area contributed by atoms with Gasteiger partial charge in [-0.1, -0.05) is 84.0 Å². The molecule has 0 aliphatic heterocycles. The predicted octanol–water partition coefficient (Wildman–Crippen LogP) is 6.02. The van der Waals surface area contributed by atoms with E-state index in [9.17, 15) is 4.79 Å². The minimum absolute atomic E-state index is 0.323. The summed E-state index contributed by atoms with van der Waals surface area (Å²) in [4.78, 5) is 14.1. The second kappa shape index (κ2) is 16.6. The topological polar surface area (TPSA) is 20.3 Å². The maximum absolute atomic E-state index is 12.2. The van der Waals surface area contributed by atoms with Gasteiger partial charge in [0.2, 0.25) is 5.91 Å². The zero-order valence-electron chi connectivity index (χ0n) is 18.8. The molecule has 0 atom stereocenters. The molecular weight excluding hydrogens is 320 g/mol. The first-order valence-electron chi connectivity index (χ1n) is 11.5. The van der Waals surface area contributed by atoms with Gasteiger partial charge in [-0.05, 0) is 13.3 Å². The van der Waals surface area contributed by atoms with Gasteiger partial charge in [-0.25, -0.2) is 0 Å². The zero-order chi connectivity index (χ0) is 19.7. The van der Waals surface area contributed by atoms with Gasteiger partial charge < -0.3 is 9.38 Å². The molecule has 0 spiro atoms. The number of likely N-dealkylation sites (N-methyl/N-ethyl adjacent to an activating group) is 2. The fraction of sp³-hybridized carbons (Fsp3) is 0.957. The lowest BCUT2D eigenvalue weighted by molar-refractivity contribution is -0.887. The number of carbonyl (C=O) groups is 1. The average Bonchev–Trinajstić information content (AvgIpc) is 2.63. The van der Waals surface area contributed by atoms with E-state index in [0.29, 0.717) is 5.91 Å². The van der Waals surface area contributed by atoms with E-state index in [4.69, 9.17) is 0 Å². The number of amides is 1. The van der Waals surface area contributed by atoms with Crippen molar-refractivity contribution in [1.82, 2.24) is 4.90 Å². The van der Waals surface area contributed by atoms with Gasteiger partial charge >= 0.3 is 0 Å². The highest BCUT2D eigenvalue weighted by atomic mass is 16.2. The molecule has 1 amide bonds. The summed E-state index contributed by atoms with van der Waals surface area (Å²) in [6.45, 7) is 7.51. The Bertz CT molecular complexity index is 328. The molecule has 0 aliphatic rings.